The number of anilines is 1. The zero-order valence-electron chi connectivity index (χ0n) is 12.2. The van der Waals surface area contributed by atoms with Gasteiger partial charge in [0.25, 0.3) is 0 Å². The van der Waals surface area contributed by atoms with Crippen LogP contribution in [0.25, 0.3) is 0 Å². The van der Waals surface area contributed by atoms with Crippen LogP contribution in [-0.2, 0) is 11.3 Å². The zero-order chi connectivity index (χ0) is 15.9. The number of carbonyl (C=O) groups excluding carboxylic acids is 1. The third kappa shape index (κ3) is 5.67. The van der Waals surface area contributed by atoms with Crippen LogP contribution in [0.1, 0.15) is 19.3 Å². The Labute approximate surface area is 142 Å². The molecule has 0 saturated carbocycles. The van der Waals surface area contributed by atoms with Crippen LogP contribution in [0.15, 0.2) is 42.7 Å². The fraction of sp³-hybridized carbons (Fsp3) is 0.250. The lowest BCUT2D eigenvalue weighted by Crippen LogP contribution is -3.00. The van der Waals surface area contributed by atoms with E-state index in [1.54, 1.807) is 0 Å². The van der Waals surface area contributed by atoms with E-state index in [-0.39, 0.29) is 29.1 Å². The van der Waals surface area contributed by atoms with Crippen LogP contribution in [0.2, 0.25) is 0 Å². The molecule has 124 valence electrons. The number of unbranched alkanes of at least 4 members (excludes halogenated alkanes) is 1. The number of carbonyl (C=O) groups is 1. The van der Waals surface area contributed by atoms with Crippen molar-refractivity contribution in [1.29, 1.82) is 0 Å². The molecule has 0 unspecified atom stereocenters. The molecule has 0 aliphatic rings. The number of nitrogens with one attached hydrogen (secondary N) is 1. The standard InChI is InChI=1S/C16H15F3N2O.BrH/c17-12-7-8-13(16(19)15(12)18)20-14(22)6-2-5-11-21-9-3-1-4-10-21;/h1,3-4,7-10H,2,5-6,11H2;1H. The molecule has 0 aliphatic carbocycles. The van der Waals surface area contributed by atoms with Gasteiger partial charge < -0.3 is 22.3 Å². The van der Waals surface area contributed by atoms with Crippen LogP contribution in [0.3, 0.4) is 0 Å². The first kappa shape index (κ1) is 19.2. The second-order valence-corrected chi connectivity index (χ2v) is 4.84. The lowest BCUT2D eigenvalue weighted by molar-refractivity contribution is -0.697. The summed E-state index contributed by atoms with van der Waals surface area (Å²) in [6.07, 6.45) is 5.43. The van der Waals surface area contributed by atoms with Crippen LogP contribution < -0.4 is 26.9 Å². The molecular formula is C16H16BrF3N2O. The third-order valence-electron chi connectivity index (χ3n) is 3.16. The molecule has 0 fully saturated rings. The van der Waals surface area contributed by atoms with Crippen molar-refractivity contribution < 1.29 is 39.5 Å². The summed E-state index contributed by atoms with van der Waals surface area (Å²) >= 11 is 0. The fourth-order valence-electron chi connectivity index (χ4n) is 2.00. The van der Waals surface area contributed by atoms with Gasteiger partial charge in [-0.05, 0) is 18.6 Å². The van der Waals surface area contributed by atoms with E-state index >= 15 is 0 Å². The van der Waals surface area contributed by atoms with E-state index in [9.17, 15) is 18.0 Å². The Morgan fingerprint density at radius 1 is 1.00 bits per heavy atom. The third-order valence-corrected chi connectivity index (χ3v) is 3.16. The van der Waals surface area contributed by atoms with Crippen molar-refractivity contribution in [2.45, 2.75) is 25.8 Å². The maximum absolute atomic E-state index is 13.4. The Morgan fingerprint density at radius 3 is 2.39 bits per heavy atom. The summed E-state index contributed by atoms with van der Waals surface area (Å²) < 4.78 is 41.2. The van der Waals surface area contributed by atoms with Gasteiger partial charge in [-0.15, -0.1) is 0 Å². The molecule has 2 aromatic rings. The highest BCUT2D eigenvalue weighted by atomic mass is 79.9. The average Bonchev–Trinajstić information content (AvgIpc) is 2.53. The van der Waals surface area contributed by atoms with Crippen molar-refractivity contribution in [2.24, 2.45) is 0 Å². The molecule has 1 heterocycles. The predicted molar refractivity (Wildman–Crippen MR) is 75.4 cm³/mol. The maximum Gasteiger partial charge on any atom is 0.224 e. The molecule has 1 N–H and O–H groups in total. The zero-order valence-corrected chi connectivity index (χ0v) is 13.8. The molecule has 0 radical (unpaired) electrons. The Morgan fingerprint density at radius 2 is 1.70 bits per heavy atom. The molecule has 1 aromatic carbocycles. The molecule has 1 aromatic heterocycles. The minimum atomic E-state index is -1.58. The van der Waals surface area contributed by atoms with Gasteiger partial charge >= 0.3 is 0 Å². The number of halogens is 4. The molecule has 0 aliphatic heterocycles. The quantitative estimate of drug-likeness (QED) is 0.428. The highest BCUT2D eigenvalue weighted by Crippen LogP contribution is 2.19. The lowest BCUT2D eigenvalue weighted by atomic mass is 10.2. The van der Waals surface area contributed by atoms with Crippen molar-refractivity contribution in [3.05, 3.63) is 60.2 Å². The Balaban J connectivity index is 0.00000264. The SMILES string of the molecule is O=C(CCCC[n+]1ccccc1)Nc1ccc(F)c(F)c1F.[Br-]. The summed E-state index contributed by atoms with van der Waals surface area (Å²) in [6.45, 7) is 0.771. The fourth-order valence-corrected chi connectivity index (χ4v) is 2.00. The summed E-state index contributed by atoms with van der Waals surface area (Å²) in [7, 11) is 0. The van der Waals surface area contributed by atoms with Gasteiger partial charge in [0.1, 0.15) is 6.54 Å². The van der Waals surface area contributed by atoms with E-state index in [0.29, 0.717) is 6.42 Å². The largest absolute Gasteiger partial charge is 1.00 e. The number of amides is 1. The number of hydrogen-bond acceptors (Lipinski definition) is 1. The normalized spacial score (nSPS) is 10.0. The van der Waals surface area contributed by atoms with Crippen molar-refractivity contribution in [3.8, 4) is 0 Å². The topological polar surface area (TPSA) is 33.0 Å². The van der Waals surface area contributed by atoms with E-state index < -0.39 is 23.4 Å². The Hall–Kier alpha value is -1.89. The number of nitrogens with zero attached hydrogens (tertiary/aromatic N) is 1. The number of hydrogen-bond donors (Lipinski definition) is 1. The molecular weight excluding hydrogens is 373 g/mol. The van der Waals surface area contributed by atoms with Gasteiger partial charge in [-0.1, -0.05) is 6.07 Å². The molecule has 3 nitrogen and oxygen atoms in total. The molecule has 23 heavy (non-hydrogen) atoms. The molecule has 2 rings (SSSR count). The molecule has 1 amide bonds. The second kappa shape index (κ2) is 9.29. The van der Waals surface area contributed by atoms with Gasteiger partial charge in [-0.25, -0.2) is 17.7 Å². The van der Waals surface area contributed by atoms with E-state index in [1.165, 1.54) is 0 Å². The minimum absolute atomic E-state index is 0. The maximum atomic E-state index is 13.4. The molecule has 0 spiro atoms. The molecule has 0 saturated heterocycles. The first-order chi connectivity index (χ1) is 10.6. The van der Waals surface area contributed by atoms with Crippen molar-refractivity contribution in [1.82, 2.24) is 0 Å². The summed E-state index contributed by atoms with van der Waals surface area (Å²) in [4.78, 5) is 11.7. The van der Waals surface area contributed by atoms with Gasteiger partial charge in [0, 0.05) is 25.0 Å². The summed E-state index contributed by atoms with van der Waals surface area (Å²) in [5, 5.41) is 2.25. The van der Waals surface area contributed by atoms with E-state index in [4.69, 9.17) is 0 Å². The second-order valence-electron chi connectivity index (χ2n) is 4.84. The van der Waals surface area contributed by atoms with E-state index in [2.05, 4.69) is 5.32 Å². The number of aromatic nitrogens is 1. The number of rotatable bonds is 6. The number of aryl methyl sites for hydroxylation is 1. The van der Waals surface area contributed by atoms with E-state index in [1.807, 2.05) is 35.2 Å². The first-order valence-corrected chi connectivity index (χ1v) is 6.95. The predicted octanol–water partition coefficient (Wildman–Crippen LogP) is 0.204. The molecule has 0 atom stereocenters. The highest BCUT2D eigenvalue weighted by Gasteiger charge is 2.15. The van der Waals surface area contributed by atoms with Crippen molar-refractivity contribution in [2.75, 3.05) is 5.32 Å². The molecule has 0 bridgehead atoms. The smallest absolute Gasteiger partial charge is 0.224 e. The van der Waals surface area contributed by atoms with Gasteiger partial charge in [0.05, 0.1) is 5.69 Å². The van der Waals surface area contributed by atoms with Gasteiger partial charge in [-0.3, -0.25) is 4.79 Å². The average molecular weight is 389 g/mol. The highest BCUT2D eigenvalue weighted by molar-refractivity contribution is 5.90. The monoisotopic (exact) mass is 388 g/mol. The summed E-state index contributed by atoms with van der Waals surface area (Å²) in [6, 6.07) is 7.53. The first-order valence-electron chi connectivity index (χ1n) is 6.95. The van der Waals surface area contributed by atoms with Crippen molar-refractivity contribution >= 4 is 11.6 Å². The van der Waals surface area contributed by atoms with Crippen LogP contribution in [0, 0.1) is 17.5 Å². The Bertz CT molecular complexity index is 653. The van der Waals surface area contributed by atoms with Crippen LogP contribution in [0.5, 0.6) is 0 Å². The minimum Gasteiger partial charge on any atom is -1.00 e. The number of pyridine rings is 1. The summed E-state index contributed by atoms with van der Waals surface area (Å²) in [5.74, 6) is -4.68. The van der Waals surface area contributed by atoms with Crippen LogP contribution >= 0.6 is 0 Å². The number of benzene rings is 1. The van der Waals surface area contributed by atoms with Gasteiger partial charge in [-0.2, -0.15) is 0 Å². The van der Waals surface area contributed by atoms with Crippen LogP contribution in [-0.4, -0.2) is 5.91 Å². The lowest BCUT2D eigenvalue weighted by Gasteiger charge is -2.07. The van der Waals surface area contributed by atoms with Crippen molar-refractivity contribution in [3.63, 3.8) is 0 Å². The Kier molecular flexibility index (Phi) is 7.74. The van der Waals surface area contributed by atoms with Gasteiger partial charge in [0.2, 0.25) is 5.91 Å². The van der Waals surface area contributed by atoms with Crippen LogP contribution in [0.4, 0.5) is 18.9 Å². The van der Waals surface area contributed by atoms with Gasteiger partial charge in [0.15, 0.2) is 29.8 Å². The summed E-state index contributed by atoms with van der Waals surface area (Å²) in [5.41, 5.74) is -0.346. The van der Waals surface area contributed by atoms with E-state index in [0.717, 1.165) is 25.1 Å². The molecule has 7 heteroatoms.